The van der Waals surface area contributed by atoms with E-state index in [9.17, 15) is 18.1 Å². The molecule has 0 saturated heterocycles. The van der Waals surface area contributed by atoms with Crippen LogP contribution in [0.25, 0.3) is 0 Å². The van der Waals surface area contributed by atoms with Crippen molar-refractivity contribution in [2.45, 2.75) is 95.8 Å². The molecule has 0 aromatic heterocycles. The third kappa shape index (κ3) is 14.2. The third-order valence-corrected chi connectivity index (χ3v) is 5.11. The molecule has 0 amide bonds. The van der Waals surface area contributed by atoms with Crippen molar-refractivity contribution in [2.24, 2.45) is 0 Å². The van der Waals surface area contributed by atoms with E-state index < -0.39 is 15.4 Å². The normalized spacial score (nSPS) is 14.5. The first-order chi connectivity index (χ1) is 9.41. The van der Waals surface area contributed by atoms with E-state index in [-0.39, 0.29) is 35.7 Å². The zero-order chi connectivity index (χ0) is 15.4. The largest absolute Gasteiger partial charge is 1.00 e. The van der Waals surface area contributed by atoms with E-state index >= 15 is 0 Å². The first-order valence-electron chi connectivity index (χ1n) is 8.04. The molecule has 21 heavy (non-hydrogen) atoms. The van der Waals surface area contributed by atoms with Gasteiger partial charge < -0.3 is 9.66 Å². The standard InChI is InChI=1S/C15H32O4S.Na/c1-3-5-6-7-8-12-15(20(17,18)19)13-10-9-11-14(16)4-2;/h14-16H,3-13H2,1-2H3,(H,17,18,19);/q;+1/p-1. The van der Waals surface area contributed by atoms with Gasteiger partial charge in [-0.1, -0.05) is 58.8 Å². The Labute approximate surface area is 153 Å². The molecule has 0 heterocycles. The number of unbranched alkanes of at least 4 members (excludes halogenated alkanes) is 5. The Hall–Kier alpha value is 0.870. The van der Waals surface area contributed by atoms with E-state index in [4.69, 9.17) is 0 Å². The molecule has 0 aromatic rings. The van der Waals surface area contributed by atoms with Gasteiger partial charge in [-0.05, 0) is 25.7 Å². The Bertz CT molecular complexity index is 320. The first-order valence-corrected chi connectivity index (χ1v) is 9.51. The molecule has 1 N–H and O–H groups in total. The molecule has 0 rings (SSSR count). The smallest absolute Gasteiger partial charge is 0.748 e. The van der Waals surface area contributed by atoms with Gasteiger partial charge in [0.05, 0.1) is 16.2 Å². The van der Waals surface area contributed by atoms with Crippen LogP contribution in [0.2, 0.25) is 0 Å². The molecule has 0 aliphatic rings. The zero-order valence-corrected chi connectivity index (χ0v) is 16.8. The molecule has 0 saturated carbocycles. The molecule has 6 heteroatoms. The van der Waals surface area contributed by atoms with Crippen molar-refractivity contribution in [1.29, 1.82) is 0 Å². The van der Waals surface area contributed by atoms with Gasteiger partial charge in [-0.2, -0.15) is 0 Å². The molecular weight excluding hydrogens is 299 g/mol. The van der Waals surface area contributed by atoms with Crippen molar-refractivity contribution < 1.29 is 47.6 Å². The Morgan fingerprint density at radius 2 is 1.38 bits per heavy atom. The molecule has 0 aliphatic carbocycles. The topological polar surface area (TPSA) is 77.4 Å². The quantitative estimate of drug-likeness (QED) is 0.305. The van der Waals surface area contributed by atoms with Crippen molar-refractivity contribution in [3.8, 4) is 0 Å². The maximum atomic E-state index is 11.2. The van der Waals surface area contributed by atoms with Crippen molar-refractivity contribution >= 4 is 10.1 Å². The first kappa shape index (κ1) is 24.1. The predicted octanol–water partition coefficient (Wildman–Crippen LogP) is 0.596. The fourth-order valence-corrected chi connectivity index (χ4v) is 3.28. The summed E-state index contributed by atoms with van der Waals surface area (Å²) >= 11 is 0. The summed E-state index contributed by atoms with van der Waals surface area (Å²) in [4.78, 5) is 0. The molecule has 0 fully saturated rings. The zero-order valence-electron chi connectivity index (χ0n) is 14.0. The average Bonchev–Trinajstić information content (AvgIpc) is 2.39. The predicted molar refractivity (Wildman–Crippen MR) is 81.6 cm³/mol. The van der Waals surface area contributed by atoms with Gasteiger partial charge in [0, 0.05) is 5.25 Å². The molecule has 0 radical (unpaired) electrons. The van der Waals surface area contributed by atoms with Crippen molar-refractivity contribution in [3.63, 3.8) is 0 Å². The molecule has 2 atom stereocenters. The number of aliphatic hydroxyl groups is 1. The molecular formula is C15H31NaO4S. The van der Waals surface area contributed by atoms with Gasteiger partial charge in [0.1, 0.15) is 0 Å². The summed E-state index contributed by atoms with van der Waals surface area (Å²) < 4.78 is 33.7. The number of rotatable bonds is 13. The second-order valence-corrected chi connectivity index (χ2v) is 7.32. The van der Waals surface area contributed by atoms with Crippen molar-refractivity contribution in [2.75, 3.05) is 0 Å². The second kappa shape index (κ2) is 14.5. The van der Waals surface area contributed by atoms with E-state index in [1.807, 2.05) is 6.92 Å². The molecule has 4 nitrogen and oxygen atoms in total. The summed E-state index contributed by atoms with van der Waals surface area (Å²) in [7, 11) is -4.18. The monoisotopic (exact) mass is 330 g/mol. The maximum absolute atomic E-state index is 11.2. The summed E-state index contributed by atoms with van der Waals surface area (Å²) in [5.74, 6) is 0. The minimum atomic E-state index is -4.18. The van der Waals surface area contributed by atoms with Crippen LogP contribution in [-0.2, 0) is 10.1 Å². The van der Waals surface area contributed by atoms with Crippen LogP contribution >= 0.6 is 0 Å². The molecule has 0 bridgehead atoms. The summed E-state index contributed by atoms with van der Waals surface area (Å²) in [6.07, 6.45) is 8.82. The number of hydrogen-bond donors (Lipinski definition) is 1. The van der Waals surface area contributed by atoms with Crippen LogP contribution in [0.5, 0.6) is 0 Å². The van der Waals surface area contributed by atoms with Gasteiger partial charge >= 0.3 is 29.6 Å². The van der Waals surface area contributed by atoms with Gasteiger partial charge in [-0.25, -0.2) is 8.42 Å². The Balaban J connectivity index is 0. The van der Waals surface area contributed by atoms with E-state index in [0.717, 1.165) is 38.5 Å². The Morgan fingerprint density at radius 3 is 1.86 bits per heavy atom. The van der Waals surface area contributed by atoms with Crippen LogP contribution in [-0.4, -0.2) is 29.4 Å². The minimum Gasteiger partial charge on any atom is -0.748 e. The fourth-order valence-electron chi connectivity index (χ4n) is 2.36. The summed E-state index contributed by atoms with van der Waals surface area (Å²) in [5.41, 5.74) is 0. The van der Waals surface area contributed by atoms with Gasteiger partial charge in [0.2, 0.25) is 0 Å². The summed E-state index contributed by atoms with van der Waals surface area (Å²) in [6.45, 7) is 4.06. The van der Waals surface area contributed by atoms with Crippen molar-refractivity contribution in [3.05, 3.63) is 0 Å². The average molecular weight is 330 g/mol. The second-order valence-electron chi connectivity index (χ2n) is 5.66. The molecule has 122 valence electrons. The molecule has 0 aromatic carbocycles. The molecule has 0 spiro atoms. The van der Waals surface area contributed by atoms with Gasteiger partial charge in [0.25, 0.3) is 0 Å². The number of hydrogen-bond acceptors (Lipinski definition) is 4. The Kier molecular flexibility index (Phi) is 16.6. The van der Waals surface area contributed by atoms with Gasteiger partial charge in [0.15, 0.2) is 0 Å². The van der Waals surface area contributed by atoms with Gasteiger partial charge in [-0.15, -0.1) is 0 Å². The summed E-state index contributed by atoms with van der Waals surface area (Å²) in [6, 6.07) is 0. The van der Waals surface area contributed by atoms with Crippen LogP contribution in [0.15, 0.2) is 0 Å². The van der Waals surface area contributed by atoms with Crippen LogP contribution in [0.4, 0.5) is 0 Å². The van der Waals surface area contributed by atoms with E-state index in [1.165, 1.54) is 6.42 Å². The summed E-state index contributed by atoms with van der Waals surface area (Å²) in [5, 5.41) is 8.69. The van der Waals surface area contributed by atoms with Crippen LogP contribution < -0.4 is 29.6 Å². The molecule has 0 aliphatic heterocycles. The minimum absolute atomic E-state index is 0. The van der Waals surface area contributed by atoms with Crippen molar-refractivity contribution in [1.82, 2.24) is 0 Å². The molecule has 2 unspecified atom stereocenters. The Morgan fingerprint density at radius 1 is 0.905 bits per heavy atom. The van der Waals surface area contributed by atoms with Crippen LogP contribution in [0.1, 0.15) is 84.5 Å². The number of aliphatic hydroxyl groups excluding tert-OH is 1. The van der Waals surface area contributed by atoms with E-state index in [0.29, 0.717) is 25.7 Å². The maximum Gasteiger partial charge on any atom is 1.00 e. The SMILES string of the molecule is CCCCCCCC(CCCCC(O)CC)S(=O)(=O)[O-].[Na+]. The van der Waals surface area contributed by atoms with Gasteiger partial charge in [-0.3, -0.25) is 0 Å². The van der Waals surface area contributed by atoms with Crippen LogP contribution in [0.3, 0.4) is 0 Å². The van der Waals surface area contributed by atoms with E-state index in [1.54, 1.807) is 0 Å². The third-order valence-electron chi connectivity index (χ3n) is 3.82. The fraction of sp³-hybridized carbons (Fsp3) is 1.00. The van der Waals surface area contributed by atoms with Crippen LogP contribution in [0, 0.1) is 0 Å². The van der Waals surface area contributed by atoms with E-state index in [2.05, 4.69) is 6.92 Å².